The van der Waals surface area contributed by atoms with Crippen LogP contribution in [-0.4, -0.2) is 26.9 Å². The molecular weight excluding hydrogens is 360 g/mol. The number of Topliss-reactive ketones (excluding diaryl/α,β-unsaturated/α-hetero) is 1. The second kappa shape index (κ2) is 7.60. The van der Waals surface area contributed by atoms with Crippen LogP contribution in [0.15, 0.2) is 46.9 Å². The first-order chi connectivity index (χ1) is 13.3. The van der Waals surface area contributed by atoms with E-state index in [0.29, 0.717) is 22.3 Å². The zero-order valence-electron chi connectivity index (χ0n) is 15.5. The molecule has 3 rings (SSSR count). The minimum atomic E-state index is -0.334. The third-order valence-electron chi connectivity index (χ3n) is 4.61. The number of hydrogen-bond donors (Lipinski definition) is 3. The van der Waals surface area contributed by atoms with E-state index in [1.165, 1.54) is 31.2 Å². The molecule has 0 amide bonds. The third kappa shape index (κ3) is 3.91. The van der Waals surface area contributed by atoms with Crippen molar-refractivity contribution in [2.24, 2.45) is 5.92 Å². The summed E-state index contributed by atoms with van der Waals surface area (Å²) in [7, 11) is 0. The molecular formula is C22H20O6. The second-order valence-corrected chi connectivity index (χ2v) is 6.75. The molecule has 0 bridgehead atoms. The summed E-state index contributed by atoms with van der Waals surface area (Å²) < 4.78 is 5.72. The highest BCUT2D eigenvalue weighted by Crippen LogP contribution is 2.37. The Hall–Kier alpha value is -3.54. The van der Waals surface area contributed by atoms with Crippen LogP contribution in [0.4, 0.5) is 0 Å². The number of aromatic hydroxyl groups is 3. The molecule has 3 aromatic rings. The molecule has 6 nitrogen and oxygen atoms in total. The zero-order valence-corrected chi connectivity index (χ0v) is 15.5. The van der Waals surface area contributed by atoms with E-state index in [1.54, 1.807) is 31.2 Å². The van der Waals surface area contributed by atoms with Crippen molar-refractivity contribution in [3.05, 3.63) is 48.0 Å². The van der Waals surface area contributed by atoms with E-state index in [9.17, 15) is 24.9 Å². The Morgan fingerprint density at radius 2 is 1.75 bits per heavy atom. The summed E-state index contributed by atoms with van der Waals surface area (Å²) in [5.41, 5.74) is 1.43. The Morgan fingerprint density at radius 3 is 2.43 bits per heavy atom. The lowest BCUT2D eigenvalue weighted by molar-refractivity contribution is -0.124. The molecule has 0 aliphatic carbocycles. The molecule has 1 atom stereocenters. The van der Waals surface area contributed by atoms with Crippen LogP contribution in [0.5, 0.6) is 17.2 Å². The van der Waals surface area contributed by atoms with E-state index in [-0.39, 0.29) is 46.7 Å². The molecule has 1 aromatic heterocycles. The van der Waals surface area contributed by atoms with Gasteiger partial charge in [0.25, 0.3) is 0 Å². The molecule has 0 fully saturated rings. The Labute approximate surface area is 161 Å². The summed E-state index contributed by atoms with van der Waals surface area (Å²) in [6.45, 7) is 3.17. The first kappa shape index (κ1) is 19.2. The number of benzene rings is 2. The molecule has 3 N–H and O–H groups in total. The van der Waals surface area contributed by atoms with Crippen molar-refractivity contribution < 1.29 is 29.3 Å². The number of phenolic OH excluding ortho intramolecular Hbond substituents is 3. The van der Waals surface area contributed by atoms with E-state index in [0.717, 1.165) is 0 Å². The summed E-state index contributed by atoms with van der Waals surface area (Å²) in [4.78, 5) is 23.4. The van der Waals surface area contributed by atoms with Crippen LogP contribution in [0.25, 0.3) is 28.4 Å². The highest BCUT2D eigenvalue weighted by Gasteiger charge is 2.15. The first-order valence-corrected chi connectivity index (χ1v) is 8.75. The Kier molecular flexibility index (Phi) is 5.22. The molecule has 0 aliphatic heterocycles. The summed E-state index contributed by atoms with van der Waals surface area (Å²) in [6.07, 6.45) is 3.16. The lowest BCUT2D eigenvalue weighted by Gasteiger charge is -2.03. The van der Waals surface area contributed by atoms with Crippen LogP contribution >= 0.6 is 0 Å². The van der Waals surface area contributed by atoms with Crippen LogP contribution < -0.4 is 0 Å². The van der Waals surface area contributed by atoms with Crippen LogP contribution in [0, 0.1) is 5.92 Å². The van der Waals surface area contributed by atoms with E-state index >= 15 is 0 Å². The standard InChI is InChI=1S/C22H20O6/c1-12(13(2)23)9-16(24)6-3-14-4-8-19(26)22-17(14)11-21(28-22)15-5-7-18(25)20(27)10-15/h3-8,10-12,25-27H,9H2,1-2H3/b6-3+/t12-/m1/s1. The predicted molar refractivity (Wildman–Crippen MR) is 105 cm³/mol. The normalized spacial score (nSPS) is 12.5. The number of fused-ring (bicyclic) bond motifs is 1. The number of ketones is 2. The molecule has 0 unspecified atom stereocenters. The molecule has 1 heterocycles. The summed E-state index contributed by atoms with van der Waals surface area (Å²) in [5.74, 6) is -0.741. The van der Waals surface area contributed by atoms with Gasteiger partial charge in [0.2, 0.25) is 0 Å². The molecule has 0 radical (unpaired) electrons. The third-order valence-corrected chi connectivity index (χ3v) is 4.61. The van der Waals surface area contributed by atoms with E-state index in [4.69, 9.17) is 4.42 Å². The van der Waals surface area contributed by atoms with Gasteiger partial charge in [0.05, 0.1) is 0 Å². The summed E-state index contributed by atoms with van der Waals surface area (Å²) in [5, 5.41) is 29.8. The molecule has 2 aromatic carbocycles. The van der Waals surface area contributed by atoms with Crippen molar-refractivity contribution in [2.75, 3.05) is 0 Å². The van der Waals surface area contributed by atoms with Crippen LogP contribution in [0.2, 0.25) is 0 Å². The van der Waals surface area contributed by atoms with Gasteiger partial charge in [-0.05, 0) is 48.9 Å². The molecule has 0 aliphatic rings. The number of allylic oxidation sites excluding steroid dienone is 1. The largest absolute Gasteiger partial charge is 0.504 e. The smallest absolute Gasteiger partial charge is 0.176 e. The molecule has 0 spiro atoms. The SMILES string of the molecule is CC(=O)[C@H](C)CC(=O)/C=C/c1ccc(O)c2oc(-c3ccc(O)c(O)c3)cc12. The minimum absolute atomic E-state index is 0.0367. The Balaban J connectivity index is 1.96. The number of carbonyl (C=O) groups is 2. The average Bonchev–Trinajstić information content (AvgIpc) is 3.09. The van der Waals surface area contributed by atoms with Gasteiger partial charge in [-0.1, -0.05) is 19.1 Å². The van der Waals surface area contributed by atoms with Crippen molar-refractivity contribution in [1.29, 1.82) is 0 Å². The first-order valence-electron chi connectivity index (χ1n) is 8.75. The van der Waals surface area contributed by atoms with Crippen LogP contribution in [-0.2, 0) is 9.59 Å². The van der Waals surface area contributed by atoms with Crippen molar-refractivity contribution in [3.8, 4) is 28.6 Å². The average molecular weight is 380 g/mol. The van der Waals surface area contributed by atoms with Crippen molar-refractivity contribution in [1.82, 2.24) is 0 Å². The molecule has 0 saturated carbocycles. The monoisotopic (exact) mass is 380 g/mol. The fourth-order valence-electron chi connectivity index (χ4n) is 2.79. The van der Waals surface area contributed by atoms with Gasteiger partial charge in [0.1, 0.15) is 11.5 Å². The topological polar surface area (TPSA) is 108 Å². The maximum atomic E-state index is 12.1. The van der Waals surface area contributed by atoms with Crippen molar-refractivity contribution >= 4 is 28.6 Å². The van der Waals surface area contributed by atoms with Gasteiger partial charge in [-0.15, -0.1) is 0 Å². The number of hydrogen-bond acceptors (Lipinski definition) is 6. The highest BCUT2D eigenvalue weighted by molar-refractivity contribution is 6.00. The van der Waals surface area contributed by atoms with Gasteiger partial charge >= 0.3 is 0 Å². The highest BCUT2D eigenvalue weighted by atomic mass is 16.4. The van der Waals surface area contributed by atoms with Gasteiger partial charge in [0.15, 0.2) is 28.6 Å². The van der Waals surface area contributed by atoms with Gasteiger partial charge < -0.3 is 19.7 Å². The van der Waals surface area contributed by atoms with Gasteiger partial charge in [-0.2, -0.15) is 0 Å². The van der Waals surface area contributed by atoms with E-state index in [1.807, 2.05) is 0 Å². The number of furan rings is 1. The summed E-state index contributed by atoms with van der Waals surface area (Å²) >= 11 is 0. The summed E-state index contributed by atoms with van der Waals surface area (Å²) in [6, 6.07) is 9.07. The number of phenols is 3. The lowest BCUT2D eigenvalue weighted by Crippen LogP contribution is -2.10. The Morgan fingerprint density at radius 1 is 1.04 bits per heavy atom. The van der Waals surface area contributed by atoms with Gasteiger partial charge in [-0.3, -0.25) is 9.59 Å². The minimum Gasteiger partial charge on any atom is -0.504 e. The van der Waals surface area contributed by atoms with Crippen molar-refractivity contribution in [2.45, 2.75) is 20.3 Å². The zero-order chi connectivity index (χ0) is 20.4. The predicted octanol–water partition coefficient (Wildman–Crippen LogP) is 4.41. The molecule has 0 saturated heterocycles. The maximum absolute atomic E-state index is 12.1. The number of carbonyl (C=O) groups excluding carboxylic acids is 2. The Bertz CT molecular complexity index is 1090. The fraction of sp³-hybridized carbons (Fsp3) is 0.182. The van der Waals surface area contributed by atoms with Crippen molar-refractivity contribution in [3.63, 3.8) is 0 Å². The fourth-order valence-corrected chi connectivity index (χ4v) is 2.79. The van der Waals surface area contributed by atoms with Gasteiger partial charge in [-0.25, -0.2) is 0 Å². The maximum Gasteiger partial charge on any atom is 0.176 e. The van der Waals surface area contributed by atoms with Crippen LogP contribution in [0.3, 0.4) is 0 Å². The van der Waals surface area contributed by atoms with E-state index in [2.05, 4.69) is 0 Å². The second-order valence-electron chi connectivity index (χ2n) is 6.75. The van der Waals surface area contributed by atoms with E-state index < -0.39 is 0 Å². The van der Waals surface area contributed by atoms with Crippen LogP contribution in [0.1, 0.15) is 25.8 Å². The molecule has 28 heavy (non-hydrogen) atoms. The molecule has 6 heteroatoms. The number of rotatable bonds is 6. The lowest BCUT2D eigenvalue weighted by atomic mass is 10.00. The van der Waals surface area contributed by atoms with Gasteiger partial charge in [0, 0.05) is 23.3 Å². The molecule has 144 valence electrons. The quantitative estimate of drug-likeness (QED) is 0.432.